The van der Waals surface area contributed by atoms with Crippen LogP contribution in [0.25, 0.3) is 0 Å². The number of nitro groups is 1. The van der Waals surface area contributed by atoms with E-state index in [4.69, 9.17) is 17.3 Å². The van der Waals surface area contributed by atoms with Crippen LogP contribution in [-0.4, -0.2) is 25.4 Å². The topological polar surface area (TPSA) is 115 Å². The molecule has 3 N–H and O–H groups in total. The van der Waals surface area contributed by atoms with E-state index in [0.717, 1.165) is 18.9 Å². The lowest BCUT2D eigenvalue weighted by atomic mass is 10.0. The van der Waals surface area contributed by atoms with Crippen molar-refractivity contribution >= 4 is 39.7 Å². The molecule has 1 fully saturated rings. The molecule has 0 saturated heterocycles. The molecule has 0 spiro atoms. The SMILES string of the molecule is Cl.NCC1(NS(=O)(=O)c2c(Cl)cccc2[N+](=O)[O-])CCCC1. The molecule has 0 aliphatic heterocycles. The molecule has 2 rings (SSSR count). The summed E-state index contributed by atoms with van der Waals surface area (Å²) in [5.41, 5.74) is 4.41. The van der Waals surface area contributed by atoms with Crippen LogP contribution in [0.3, 0.4) is 0 Å². The lowest BCUT2D eigenvalue weighted by Gasteiger charge is -2.28. The van der Waals surface area contributed by atoms with Gasteiger partial charge in [-0.1, -0.05) is 30.5 Å². The fourth-order valence-electron chi connectivity index (χ4n) is 2.64. The van der Waals surface area contributed by atoms with Gasteiger partial charge in [-0.25, -0.2) is 13.1 Å². The Balaban J connectivity index is 0.00000242. The normalized spacial score (nSPS) is 17.0. The zero-order chi connectivity index (χ0) is 15.7. The molecule has 0 unspecified atom stereocenters. The number of hydrogen-bond acceptors (Lipinski definition) is 5. The summed E-state index contributed by atoms with van der Waals surface area (Å²) in [7, 11) is -4.12. The fraction of sp³-hybridized carbons (Fsp3) is 0.500. The summed E-state index contributed by atoms with van der Waals surface area (Å²) in [6, 6.07) is 3.77. The van der Waals surface area contributed by atoms with Crippen molar-refractivity contribution in [2.45, 2.75) is 36.1 Å². The van der Waals surface area contributed by atoms with Crippen molar-refractivity contribution in [3.8, 4) is 0 Å². The van der Waals surface area contributed by atoms with Gasteiger partial charge in [-0.05, 0) is 18.9 Å². The molecule has 0 aromatic heterocycles. The Labute approximate surface area is 139 Å². The first-order chi connectivity index (χ1) is 9.81. The van der Waals surface area contributed by atoms with Crippen LogP contribution in [0.5, 0.6) is 0 Å². The van der Waals surface area contributed by atoms with Gasteiger partial charge in [0.05, 0.1) is 9.95 Å². The van der Waals surface area contributed by atoms with Gasteiger partial charge in [-0.2, -0.15) is 0 Å². The van der Waals surface area contributed by atoms with Crippen LogP contribution in [0.1, 0.15) is 25.7 Å². The maximum absolute atomic E-state index is 12.5. The van der Waals surface area contributed by atoms with E-state index in [2.05, 4.69) is 4.72 Å². The van der Waals surface area contributed by atoms with E-state index >= 15 is 0 Å². The van der Waals surface area contributed by atoms with Gasteiger partial charge in [-0.3, -0.25) is 10.1 Å². The lowest BCUT2D eigenvalue weighted by Crippen LogP contribution is -2.51. The van der Waals surface area contributed by atoms with Gasteiger partial charge in [0, 0.05) is 18.2 Å². The molecule has 0 heterocycles. The second-order valence-corrected chi connectivity index (χ2v) is 7.17. The molecule has 0 bridgehead atoms. The Morgan fingerprint density at radius 2 is 1.95 bits per heavy atom. The highest BCUT2D eigenvalue weighted by Crippen LogP contribution is 2.35. The first-order valence-corrected chi connectivity index (χ1v) is 8.34. The predicted octanol–water partition coefficient (Wildman–Crippen LogP) is 2.22. The zero-order valence-corrected chi connectivity index (χ0v) is 14.0. The summed E-state index contributed by atoms with van der Waals surface area (Å²) in [6.07, 6.45) is 2.95. The summed E-state index contributed by atoms with van der Waals surface area (Å²) in [6.45, 7) is 0.143. The first-order valence-electron chi connectivity index (χ1n) is 6.48. The van der Waals surface area contributed by atoms with Gasteiger partial charge < -0.3 is 5.73 Å². The molecule has 22 heavy (non-hydrogen) atoms. The van der Waals surface area contributed by atoms with Crippen molar-refractivity contribution in [1.82, 2.24) is 4.72 Å². The van der Waals surface area contributed by atoms with E-state index in [1.165, 1.54) is 12.1 Å². The van der Waals surface area contributed by atoms with Crippen LogP contribution in [-0.2, 0) is 10.0 Å². The summed E-state index contributed by atoms with van der Waals surface area (Å²) in [4.78, 5) is 9.77. The first kappa shape index (κ1) is 19.1. The number of nitrogens with zero attached hydrogens (tertiary/aromatic N) is 1. The van der Waals surface area contributed by atoms with Crippen LogP contribution in [0, 0.1) is 10.1 Å². The van der Waals surface area contributed by atoms with Gasteiger partial charge in [0.1, 0.15) is 0 Å². The van der Waals surface area contributed by atoms with Crippen LogP contribution in [0.15, 0.2) is 23.1 Å². The third-order valence-electron chi connectivity index (χ3n) is 3.71. The molecule has 1 aliphatic rings. The molecule has 124 valence electrons. The Kier molecular flexibility index (Phi) is 6.17. The van der Waals surface area contributed by atoms with Crippen molar-refractivity contribution in [1.29, 1.82) is 0 Å². The van der Waals surface area contributed by atoms with Crippen molar-refractivity contribution < 1.29 is 13.3 Å². The number of nitro benzene ring substituents is 1. The van der Waals surface area contributed by atoms with E-state index in [9.17, 15) is 18.5 Å². The quantitative estimate of drug-likeness (QED) is 0.609. The van der Waals surface area contributed by atoms with E-state index < -0.39 is 31.1 Å². The van der Waals surface area contributed by atoms with Crippen molar-refractivity contribution in [3.05, 3.63) is 33.3 Å². The number of halogens is 2. The van der Waals surface area contributed by atoms with Crippen LogP contribution in [0.2, 0.25) is 5.02 Å². The molecule has 1 saturated carbocycles. The highest BCUT2D eigenvalue weighted by Gasteiger charge is 2.39. The second kappa shape index (κ2) is 7.10. The summed E-state index contributed by atoms with van der Waals surface area (Å²) in [5, 5.41) is 10.9. The molecule has 7 nitrogen and oxygen atoms in total. The number of sulfonamides is 1. The van der Waals surface area contributed by atoms with Crippen molar-refractivity contribution in [3.63, 3.8) is 0 Å². The van der Waals surface area contributed by atoms with E-state index in [1.807, 2.05) is 0 Å². The standard InChI is InChI=1S/C12H16ClN3O4S.ClH/c13-9-4-3-5-10(16(17)18)11(9)21(19,20)15-12(8-14)6-1-2-7-12;/h3-5,15H,1-2,6-8,14H2;1H. The Hall–Kier alpha value is -0.930. The Morgan fingerprint density at radius 3 is 2.45 bits per heavy atom. The van der Waals surface area contributed by atoms with E-state index in [-0.39, 0.29) is 24.0 Å². The zero-order valence-electron chi connectivity index (χ0n) is 11.6. The number of nitrogens with one attached hydrogen (secondary N) is 1. The summed E-state index contributed by atoms with van der Waals surface area (Å²) < 4.78 is 27.6. The summed E-state index contributed by atoms with van der Waals surface area (Å²) in [5.74, 6) is 0. The minimum atomic E-state index is -4.12. The number of hydrogen-bond donors (Lipinski definition) is 2. The van der Waals surface area contributed by atoms with Gasteiger partial charge in [-0.15, -0.1) is 12.4 Å². The smallest absolute Gasteiger partial charge is 0.290 e. The minimum Gasteiger partial charge on any atom is -0.329 e. The highest BCUT2D eigenvalue weighted by molar-refractivity contribution is 7.89. The van der Waals surface area contributed by atoms with Crippen molar-refractivity contribution in [2.75, 3.05) is 6.54 Å². The largest absolute Gasteiger partial charge is 0.329 e. The highest BCUT2D eigenvalue weighted by atomic mass is 35.5. The van der Waals surface area contributed by atoms with Crippen molar-refractivity contribution in [2.24, 2.45) is 5.73 Å². The average molecular weight is 370 g/mol. The van der Waals surface area contributed by atoms with E-state index in [1.54, 1.807) is 0 Å². The lowest BCUT2D eigenvalue weighted by molar-refractivity contribution is -0.387. The molecular formula is C12H17Cl2N3O4S. The third-order valence-corrected chi connectivity index (χ3v) is 5.81. The van der Waals surface area contributed by atoms with E-state index in [0.29, 0.717) is 12.8 Å². The maximum Gasteiger partial charge on any atom is 0.290 e. The fourth-order valence-corrected chi connectivity index (χ4v) is 4.82. The van der Waals surface area contributed by atoms with Gasteiger partial charge in [0.15, 0.2) is 4.90 Å². The van der Waals surface area contributed by atoms with Crippen LogP contribution >= 0.6 is 24.0 Å². The second-order valence-electron chi connectivity index (χ2n) is 5.14. The maximum atomic E-state index is 12.5. The molecule has 0 amide bonds. The molecule has 0 radical (unpaired) electrons. The number of rotatable bonds is 5. The monoisotopic (exact) mass is 369 g/mol. The molecule has 0 atom stereocenters. The molecule has 10 heteroatoms. The predicted molar refractivity (Wildman–Crippen MR) is 85.9 cm³/mol. The molecule has 1 aromatic rings. The third kappa shape index (κ3) is 3.69. The van der Waals surface area contributed by atoms with Gasteiger partial charge in [0.2, 0.25) is 10.0 Å². The molecule has 1 aliphatic carbocycles. The Bertz CT molecular complexity index is 660. The average Bonchev–Trinajstić information content (AvgIpc) is 2.86. The van der Waals surface area contributed by atoms with Gasteiger partial charge in [0.25, 0.3) is 5.69 Å². The Morgan fingerprint density at radius 1 is 1.36 bits per heavy atom. The minimum absolute atomic E-state index is 0. The number of nitrogens with two attached hydrogens (primary N) is 1. The molecule has 1 aromatic carbocycles. The number of benzene rings is 1. The van der Waals surface area contributed by atoms with Crippen LogP contribution < -0.4 is 10.5 Å². The summed E-state index contributed by atoms with van der Waals surface area (Å²) >= 11 is 5.88. The van der Waals surface area contributed by atoms with Gasteiger partial charge >= 0.3 is 0 Å². The van der Waals surface area contributed by atoms with Crippen LogP contribution in [0.4, 0.5) is 5.69 Å². The molecular weight excluding hydrogens is 353 g/mol.